The molecule has 2 heteroatoms. The van der Waals surface area contributed by atoms with Crippen molar-refractivity contribution in [3.63, 3.8) is 0 Å². The van der Waals surface area contributed by atoms with Crippen LogP contribution in [-0.2, 0) is 4.79 Å². The van der Waals surface area contributed by atoms with Gasteiger partial charge in [0.25, 0.3) is 0 Å². The van der Waals surface area contributed by atoms with Gasteiger partial charge in [-0.15, -0.1) is 0 Å². The Hall–Kier alpha value is -0.530. The first-order valence-corrected chi connectivity index (χ1v) is 3.15. The van der Waals surface area contributed by atoms with Gasteiger partial charge in [0.15, 0.2) is 0 Å². The van der Waals surface area contributed by atoms with Gasteiger partial charge >= 0.3 is 0 Å². The number of nitrogens with one attached hydrogen (secondary N) is 1. The average Bonchev–Trinajstić information content (AvgIpc) is 1.65. The Morgan fingerprint density at radius 1 is 1.44 bits per heavy atom. The number of carbonyl (C=O) groups excluding carboxylic acids is 1. The van der Waals surface area contributed by atoms with E-state index in [1.807, 2.05) is 13.8 Å². The first kappa shape index (κ1) is 8.47. The summed E-state index contributed by atoms with van der Waals surface area (Å²) in [5, 5.41) is 0. The highest BCUT2D eigenvalue weighted by Gasteiger charge is 2.28. The molecule has 0 bridgehead atoms. The van der Waals surface area contributed by atoms with Gasteiger partial charge in [-0.05, 0) is 5.92 Å². The maximum atomic E-state index is 10.6. The van der Waals surface area contributed by atoms with Crippen molar-refractivity contribution < 1.29 is 4.79 Å². The number of carbonyl (C=O) groups is 1. The zero-order valence-corrected chi connectivity index (χ0v) is 6.49. The minimum atomic E-state index is -0.475. The molecule has 0 aliphatic rings. The highest BCUT2D eigenvalue weighted by molar-refractivity contribution is 5.79. The second kappa shape index (κ2) is 2.38. The van der Waals surface area contributed by atoms with Crippen LogP contribution in [0.3, 0.4) is 0 Å². The molecule has 0 aliphatic heterocycles. The second-order valence-electron chi connectivity index (χ2n) is 3.21. The van der Waals surface area contributed by atoms with Crippen molar-refractivity contribution in [3.8, 4) is 0 Å². The molecule has 0 unspecified atom stereocenters. The molecule has 1 radical (unpaired) electrons. The first-order chi connectivity index (χ1) is 3.89. The van der Waals surface area contributed by atoms with Crippen LogP contribution in [0.5, 0.6) is 0 Å². The fraction of sp³-hybridized carbons (Fsp3) is 0.857. The monoisotopic (exact) mass is 128 g/mol. The van der Waals surface area contributed by atoms with Gasteiger partial charge in [0.05, 0.1) is 0 Å². The summed E-state index contributed by atoms with van der Waals surface area (Å²) in [7, 11) is 0. The lowest BCUT2D eigenvalue weighted by Crippen LogP contribution is -2.30. The smallest absolute Gasteiger partial charge is 0.244 e. The van der Waals surface area contributed by atoms with Crippen LogP contribution in [0.2, 0.25) is 0 Å². The minimum absolute atomic E-state index is 0.252. The van der Waals surface area contributed by atoms with Crippen molar-refractivity contribution in [2.45, 2.75) is 27.7 Å². The molecule has 0 aromatic carbocycles. The molecule has 0 aliphatic carbocycles. The highest BCUT2D eigenvalue weighted by Crippen LogP contribution is 2.25. The predicted octanol–water partition coefficient (Wildman–Crippen LogP) is 1.48. The van der Waals surface area contributed by atoms with Crippen molar-refractivity contribution in [2.24, 2.45) is 11.3 Å². The largest absolute Gasteiger partial charge is 0.273 e. The molecule has 0 saturated carbocycles. The van der Waals surface area contributed by atoms with Crippen molar-refractivity contribution in [1.29, 1.82) is 0 Å². The summed E-state index contributed by atoms with van der Waals surface area (Å²) >= 11 is 0. The lowest BCUT2D eigenvalue weighted by Gasteiger charge is -2.23. The van der Waals surface area contributed by atoms with E-state index in [-0.39, 0.29) is 5.92 Å². The highest BCUT2D eigenvalue weighted by atomic mass is 16.1. The maximum Gasteiger partial charge on any atom is 0.244 e. The maximum absolute atomic E-state index is 10.6. The zero-order chi connectivity index (χ0) is 7.65. The van der Waals surface area contributed by atoms with E-state index < -0.39 is 11.3 Å². The molecule has 0 atom stereocenters. The average molecular weight is 128 g/mol. The van der Waals surface area contributed by atoms with E-state index in [2.05, 4.69) is 0 Å². The van der Waals surface area contributed by atoms with E-state index >= 15 is 0 Å². The van der Waals surface area contributed by atoms with E-state index in [9.17, 15) is 4.79 Å². The summed E-state index contributed by atoms with van der Waals surface area (Å²) in [5.41, 5.74) is 6.40. The SMILES string of the molecule is CC(C)C(C)(C)C([NH])=O. The van der Waals surface area contributed by atoms with Gasteiger partial charge in [-0.3, -0.25) is 10.5 Å². The Labute approximate surface area is 56.4 Å². The van der Waals surface area contributed by atoms with Crippen LogP contribution >= 0.6 is 0 Å². The third-order valence-corrected chi connectivity index (χ3v) is 2.03. The number of hydrogen-bond donors (Lipinski definition) is 0. The van der Waals surface area contributed by atoms with Gasteiger partial charge in [-0.25, -0.2) is 0 Å². The van der Waals surface area contributed by atoms with Crippen molar-refractivity contribution in [3.05, 3.63) is 0 Å². The van der Waals surface area contributed by atoms with Crippen molar-refractivity contribution in [2.75, 3.05) is 0 Å². The quantitative estimate of drug-likeness (QED) is 0.555. The molecule has 2 nitrogen and oxygen atoms in total. The Kier molecular flexibility index (Phi) is 2.24. The van der Waals surface area contributed by atoms with Gasteiger partial charge in [0, 0.05) is 5.41 Å². The van der Waals surface area contributed by atoms with Crippen molar-refractivity contribution in [1.82, 2.24) is 5.73 Å². The Morgan fingerprint density at radius 3 is 1.78 bits per heavy atom. The lowest BCUT2D eigenvalue weighted by molar-refractivity contribution is -0.128. The minimum Gasteiger partial charge on any atom is -0.273 e. The molecule has 0 fully saturated rings. The summed E-state index contributed by atoms with van der Waals surface area (Å²) in [4.78, 5) is 10.6. The van der Waals surface area contributed by atoms with Crippen LogP contribution in [0.4, 0.5) is 0 Å². The Morgan fingerprint density at radius 2 is 1.78 bits per heavy atom. The topological polar surface area (TPSA) is 40.9 Å². The molecule has 1 N–H and O–H groups in total. The third kappa shape index (κ3) is 1.70. The summed E-state index contributed by atoms with van der Waals surface area (Å²) in [6, 6.07) is 0. The molecule has 0 spiro atoms. The molecule has 0 aromatic heterocycles. The molecule has 0 saturated heterocycles. The van der Waals surface area contributed by atoms with Crippen LogP contribution in [-0.4, -0.2) is 5.91 Å². The van der Waals surface area contributed by atoms with Crippen molar-refractivity contribution >= 4 is 5.91 Å². The normalized spacial score (nSPS) is 12.1. The number of hydrogen-bond acceptors (Lipinski definition) is 1. The Balaban J connectivity index is 4.19. The zero-order valence-electron chi connectivity index (χ0n) is 6.49. The number of amides is 1. The first-order valence-electron chi connectivity index (χ1n) is 3.15. The van der Waals surface area contributed by atoms with E-state index in [0.29, 0.717) is 0 Å². The molecule has 0 aromatic rings. The van der Waals surface area contributed by atoms with Crippen LogP contribution in [0, 0.1) is 11.3 Å². The fourth-order valence-electron chi connectivity index (χ4n) is 0.262. The van der Waals surface area contributed by atoms with Crippen LogP contribution in [0.15, 0.2) is 0 Å². The standard InChI is InChI=1S/C7H14NO/c1-5(2)7(3,4)6(8)9/h5,8H,1-4H3. The van der Waals surface area contributed by atoms with E-state index in [1.54, 1.807) is 13.8 Å². The molecule has 0 heterocycles. The van der Waals surface area contributed by atoms with Crippen LogP contribution in [0.25, 0.3) is 0 Å². The van der Waals surface area contributed by atoms with E-state index in [4.69, 9.17) is 5.73 Å². The third-order valence-electron chi connectivity index (χ3n) is 2.03. The van der Waals surface area contributed by atoms with Gasteiger partial charge in [-0.2, -0.15) is 0 Å². The van der Waals surface area contributed by atoms with E-state index in [0.717, 1.165) is 0 Å². The lowest BCUT2D eigenvalue weighted by atomic mass is 9.81. The Bertz CT molecular complexity index is 116. The predicted molar refractivity (Wildman–Crippen MR) is 36.7 cm³/mol. The molecular weight excluding hydrogens is 114 g/mol. The van der Waals surface area contributed by atoms with Gasteiger partial charge in [0.1, 0.15) is 0 Å². The summed E-state index contributed by atoms with van der Waals surface area (Å²) in [6.45, 7) is 7.50. The van der Waals surface area contributed by atoms with Gasteiger partial charge in [0.2, 0.25) is 5.91 Å². The molecule has 9 heavy (non-hydrogen) atoms. The van der Waals surface area contributed by atoms with Crippen LogP contribution < -0.4 is 5.73 Å². The molecule has 1 amide bonds. The van der Waals surface area contributed by atoms with Gasteiger partial charge < -0.3 is 0 Å². The van der Waals surface area contributed by atoms with Gasteiger partial charge in [-0.1, -0.05) is 27.7 Å². The summed E-state index contributed by atoms with van der Waals surface area (Å²) in [6.07, 6.45) is 0. The second-order valence-corrected chi connectivity index (χ2v) is 3.21. The molecule has 0 rings (SSSR count). The van der Waals surface area contributed by atoms with Crippen LogP contribution in [0.1, 0.15) is 27.7 Å². The van der Waals surface area contributed by atoms with E-state index in [1.165, 1.54) is 0 Å². The molecular formula is C7H14NO. The summed E-state index contributed by atoms with van der Waals surface area (Å²) < 4.78 is 0. The molecule has 53 valence electrons. The number of rotatable bonds is 2. The summed E-state index contributed by atoms with van der Waals surface area (Å²) in [5.74, 6) is -0.222. The fourth-order valence-corrected chi connectivity index (χ4v) is 0.262.